The second-order valence-corrected chi connectivity index (χ2v) is 6.74. The third-order valence-electron chi connectivity index (χ3n) is 3.68. The first-order valence-corrected chi connectivity index (χ1v) is 9.32. The molecule has 0 aliphatic carbocycles. The zero-order valence-electron chi connectivity index (χ0n) is 15.2. The summed E-state index contributed by atoms with van der Waals surface area (Å²) in [6.07, 6.45) is 0. The maximum atomic E-state index is 12.0. The fourth-order valence-electron chi connectivity index (χ4n) is 2.28. The van der Waals surface area contributed by atoms with Gasteiger partial charge < -0.3 is 19.6 Å². The standard InChI is InChI=1S/C18H16N4O6S/c1-11-4-2-3-5-15(11)27-9-17-20-21-18(28-17)29-10-16(24)19-12-6-7-14(23)13(8-12)22(25)26/h2-8,23H,9-10H2,1H3,(H,19,24). The van der Waals surface area contributed by atoms with Gasteiger partial charge in [-0.15, -0.1) is 10.2 Å². The minimum Gasteiger partial charge on any atom is -0.502 e. The van der Waals surface area contributed by atoms with E-state index in [0.29, 0.717) is 5.75 Å². The summed E-state index contributed by atoms with van der Waals surface area (Å²) in [6.45, 7) is 2.02. The number of carbonyl (C=O) groups excluding carboxylic acids is 1. The van der Waals surface area contributed by atoms with Crippen LogP contribution >= 0.6 is 11.8 Å². The summed E-state index contributed by atoms with van der Waals surface area (Å²) in [5, 5.41) is 30.7. The highest BCUT2D eigenvalue weighted by Gasteiger charge is 2.15. The van der Waals surface area contributed by atoms with Crippen LogP contribution < -0.4 is 10.1 Å². The molecule has 0 saturated heterocycles. The number of para-hydroxylation sites is 1. The average molecular weight is 416 g/mol. The predicted molar refractivity (Wildman–Crippen MR) is 104 cm³/mol. The van der Waals surface area contributed by atoms with Crippen LogP contribution in [0.4, 0.5) is 11.4 Å². The molecule has 0 fully saturated rings. The zero-order valence-corrected chi connectivity index (χ0v) is 16.0. The van der Waals surface area contributed by atoms with Gasteiger partial charge in [-0.1, -0.05) is 30.0 Å². The molecule has 3 rings (SSSR count). The van der Waals surface area contributed by atoms with Gasteiger partial charge in [0.25, 0.3) is 11.1 Å². The van der Waals surface area contributed by atoms with Gasteiger partial charge in [-0.2, -0.15) is 0 Å². The van der Waals surface area contributed by atoms with Crippen LogP contribution in [0, 0.1) is 17.0 Å². The Bertz CT molecular complexity index is 1040. The first-order valence-electron chi connectivity index (χ1n) is 8.33. The lowest BCUT2D eigenvalue weighted by atomic mass is 10.2. The number of phenolic OH excluding ortho intramolecular Hbond substituents is 1. The largest absolute Gasteiger partial charge is 0.502 e. The molecule has 0 atom stereocenters. The SMILES string of the molecule is Cc1ccccc1OCc1nnc(SCC(=O)Nc2ccc(O)c([N+](=O)[O-])c2)o1. The predicted octanol–water partition coefficient (Wildman–Crippen LogP) is 3.30. The Labute approximate surface area is 169 Å². The molecule has 0 unspecified atom stereocenters. The Balaban J connectivity index is 1.50. The smallest absolute Gasteiger partial charge is 0.312 e. The number of anilines is 1. The number of nitro benzene ring substituents is 1. The number of nitro groups is 1. The minimum atomic E-state index is -0.737. The van der Waals surface area contributed by atoms with Gasteiger partial charge in [-0.3, -0.25) is 14.9 Å². The first kappa shape index (κ1) is 20.1. The molecule has 0 spiro atoms. The van der Waals surface area contributed by atoms with Crippen molar-refractivity contribution in [3.63, 3.8) is 0 Å². The lowest BCUT2D eigenvalue weighted by Crippen LogP contribution is -2.14. The summed E-state index contributed by atoms with van der Waals surface area (Å²) < 4.78 is 11.0. The maximum Gasteiger partial charge on any atom is 0.312 e. The van der Waals surface area contributed by atoms with Crippen molar-refractivity contribution >= 4 is 29.0 Å². The molecule has 1 heterocycles. The van der Waals surface area contributed by atoms with Crippen LogP contribution in [-0.4, -0.2) is 31.9 Å². The molecule has 11 heteroatoms. The van der Waals surface area contributed by atoms with Crippen LogP contribution in [0.2, 0.25) is 0 Å². The molecule has 0 aliphatic heterocycles. The number of aromatic hydroxyl groups is 1. The Morgan fingerprint density at radius 1 is 1.31 bits per heavy atom. The number of hydrogen-bond acceptors (Lipinski definition) is 9. The zero-order chi connectivity index (χ0) is 20.8. The maximum absolute atomic E-state index is 12.0. The van der Waals surface area contributed by atoms with E-state index in [0.717, 1.165) is 29.5 Å². The third-order valence-corrected chi connectivity index (χ3v) is 4.49. The van der Waals surface area contributed by atoms with Gasteiger partial charge >= 0.3 is 5.69 Å². The Morgan fingerprint density at radius 2 is 2.10 bits per heavy atom. The molecular formula is C18H16N4O6S. The van der Waals surface area contributed by atoms with Gasteiger partial charge in [0.2, 0.25) is 5.91 Å². The number of aromatic nitrogens is 2. The number of nitrogens with one attached hydrogen (secondary N) is 1. The molecule has 29 heavy (non-hydrogen) atoms. The number of hydrogen-bond donors (Lipinski definition) is 2. The lowest BCUT2D eigenvalue weighted by molar-refractivity contribution is -0.385. The fraction of sp³-hybridized carbons (Fsp3) is 0.167. The van der Waals surface area contributed by atoms with Gasteiger partial charge in [0, 0.05) is 11.8 Å². The number of aryl methyl sites for hydroxylation is 1. The molecule has 10 nitrogen and oxygen atoms in total. The molecule has 150 valence electrons. The van der Waals surface area contributed by atoms with Crippen molar-refractivity contribution in [2.24, 2.45) is 0 Å². The second kappa shape index (κ2) is 9.06. The van der Waals surface area contributed by atoms with E-state index in [4.69, 9.17) is 9.15 Å². The Kier molecular flexibility index (Phi) is 6.29. The number of thioether (sulfide) groups is 1. The molecule has 1 amide bonds. The highest BCUT2D eigenvalue weighted by molar-refractivity contribution is 7.99. The average Bonchev–Trinajstić information content (AvgIpc) is 3.15. The van der Waals surface area contributed by atoms with Crippen molar-refractivity contribution in [1.29, 1.82) is 0 Å². The van der Waals surface area contributed by atoms with Gasteiger partial charge in [0.15, 0.2) is 12.4 Å². The van der Waals surface area contributed by atoms with Gasteiger partial charge in [0.05, 0.1) is 10.7 Å². The van der Waals surface area contributed by atoms with Crippen LogP contribution in [0.5, 0.6) is 11.5 Å². The molecule has 0 aliphatic rings. The first-order chi connectivity index (χ1) is 13.9. The molecule has 2 N–H and O–H groups in total. The van der Waals surface area contributed by atoms with E-state index in [1.165, 1.54) is 6.07 Å². The molecule has 1 aromatic heterocycles. The number of rotatable bonds is 8. The molecule has 0 radical (unpaired) electrons. The summed E-state index contributed by atoms with van der Waals surface area (Å²) in [5.74, 6) is 0.0294. The molecule has 2 aromatic carbocycles. The van der Waals surface area contributed by atoms with E-state index < -0.39 is 22.3 Å². The summed E-state index contributed by atoms with van der Waals surface area (Å²) in [5.41, 5.74) is 0.677. The normalized spacial score (nSPS) is 10.5. The Morgan fingerprint density at radius 3 is 2.86 bits per heavy atom. The van der Waals surface area contributed by atoms with Crippen molar-refractivity contribution in [1.82, 2.24) is 10.2 Å². The molecule has 0 saturated carbocycles. The van der Waals surface area contributed by atoms with Gasteiger partial charge in [-0.05, 0) is 30.7 Å². The van der Waals surface area contributed by atoms with Crippen LogP contribution in [0.15, 0.2) is 52.1 Å². The van der Waals surface area contributed by atoms with Crippen LogP contribution in [0.3, 0.4) is 0 Å². The molecular weight excluding hydrogens is 400 g/mol. The van der Waals surface area contributed by atoms with E-state index in [9.17, 15) is 20.0 Å². The monoisotopic (exact) mass is 416 g/mol. The van der Waals surface area contributed by atoms with Crippen molar-refractivity contribution < 1.29 is 24.0 Å². The van der Waals surface area contributed by atoms with Gasteiger partial charge in [-0.25, -0.2) is 0 Å². The van der Waals surface area contributed by atoms with Crippen LogP contribution in [-0.2, 0) is 11.4 Å². The molecule has 0 bridgehead atoms. The topological polar surface area (TPSA) is 141 Å². The minimum absolute atomic E-state index is 0.0467. The highest BCUT2D eigenvalue weighted by Crippen LogP contribution is 2.28. The van der Waals surface area contributed by atoms with Gasteiger partial charge in [0.1, 0.15) is 5.75 Å². The second-order valence-electron chi connectivity index (χ2n) is 5.81. The number of nitrogens with zero attached hydrogens (tertiary/aromatic N) is 3. The van der Waals surface area contributed by atoms with E-state index in [1.807, 2.05) is 31.2 Å². The van der Waals surface area contributed by atoms with E-state index in [2.05, 4.69) is 15.5 Å². The quantitative estimate of drug-likeness (QED) is 0.245. The number of benzene rings is 2. The van der Waals surface area contributed by atoms with Crippen molar-refractivity contribution in [3.05, 3.63) is 64.0 Å². The number of amides is 1. The fourth-order valence-corrected chi connectivity index (χ4v) is 2.86. The van der Waals surface area contributed by atoms with Crippen molar-refractivity contribution in [3.8, 4) is 11.5 Å². The lowest BCUT2D eigenvalue weighted by Gasteiger charge is -2.05. The third kappa shape index (κ3) is 5.45. The number of carbonyl (C=O) groups is 1. The van der Waals surface area contributed by atoms with E-state index in [-0.39, 0.29) is 29.2 Å². The summed E-state index contributed by atoms with van der Waals surface area (Å²) in [6, 6.07) is 11.1. The summed E-state index contributed by atoms with van der Waals surface area (Å²) in [7, 11) is 0. The van der Waals surface area contributed by atoms with Crippen LogP contribution in [0.25, 0.3) is 0 Å². The van der Waals surface area contributed by atoms with Crippen molar-refractivity contribution in [2.45, 2.75) is 18.8 Å². The molecule has 3 aromatic rings. The summed E-state index contributed by atoms with van der Waals surface area (Å²) in [4.78, 5) is 22.1. The summed E-state index contributed by atoms with van der Waals surface area (Å²) >= 11 is 1.02. The van der Waals surface area contributed by atoms with E-state index in [1.54, 1.807) is 0 Å². The number of ether oxygens (including phenoxy) is 1. The van der Waals surface area contributed by atoms with Crippen molar-refractivity contribution in [2.75, 3.05) is 11.1 Å². The number of phenols is 1. The van der Waals surface area contributed by atoms with Crippen LogP contribution in [0.1, 0.15) is 11.5 Å². The highest BCUT2D eigenvalue weighted by atomic mass is 32.2. The Hall–Kier alpha value is -3.60. The van der Waals surface area contributed by atoms with E-state index >= 15 is 0 Å².